The molecule has 0 spiro atoms. The number of aliphatic hydroxyl groups is 1. The third kappa shape index (κ3) is 7.18. The topological polar surface area (TPSA) is 97.3 Å². The number of hydrogen-bond acceptors (Lipinski definition) is 6. The Hall–Kier alpha value is -3.47. The molecule has 2 aliphatic heterocycles. The first-order chi connectivity index (χ1) is 21.4. The van der Waals surface area contributed by atoms with Crippen molar-refractivity contribution in [2.45, 2.75) is 103 Å². The number of alkyl halides is 3. The lowest BCUT2D eigenvalue weighted by atomic mass is 9.87. The van der Waals surface area contributed by atoms with E-state index in [-0.39, 0.29) is 24.6 Å². The van der Waals surface area contributed by atoms with Crippen LogP contribution in [0.4, 0.5) is 18.0 Å². The predicted molar refractivity (Wildman–Crippen MR) is 164 cm³/mol. The summed E-state index contributed by atoms with van der Waals surface area (Å²) >= 11 is 0. The lowest BCUT2D eigenvalue weighted by Gasteiger charge is -2.29. The van der Waals surface area contributed by atoms with Gasteiger partial charge in [0.25, 0.3) is 5.91 Å². The molecule has 2 aromatic carbocycles. The summed E-state index contributed by atoms with van der Waals surface area (Å²) < 4.78 is 58.7. The molecule has 248 valence electrons. The van der Waals surface area contributed by atoms with E-state index in [0.29, 0.717) is 85.7 Å². The summed E-state index contributed by atoms with van der Waals surface area (Å²) in [5.41, 5.74) is -2.46. The number of hydrogen-bond donors (Lipinski definition) is 2. The van der Waals surface area contributed by atoms with Crippen LogP contribution in [0.15, 0.2) is 30.3 Å². The van der Waals surface area contributed by atoms with E-state index in [9.17, 15) is 27.9 Å². The highest BCUT2D eigenvalue weighted by molar-refractivity contribution is 6.07. The number of halogens is 3. The van der Waals surface area contributed by atoms with Crippen molar-refractivity contribution in [3.05, 3.63) is 52.6 Å². The summed E-state index contributed by atoms with van der Waals surface area (Å²) in [7, 11) is 0. The fourth-order valence-corrected chi connectivity index (χ4v) is 5.91. The van der Waals surface area contributed by atoms with Crippen molar-refractivity contribution in [3.63, 3.8) is 0 Å². The molecule has 2 N–H and O–H groups in total. The van der Waals surface area contributed by atoms with Gasteiger partial charge in [0.05, 0.1) is 6.61 Å². The first-order valence-electron chi connectivity index (χ1n) is 16.0. The molecular weight excluding hydrogens is 589 g/mol. The summed E-state index contributed by atoms with van der Waals surface area (Å²) in [6.07, 6.45) is 0.904. The van der Waals surface area contributed by atoms with Gasteiger partial charge in [0.2, 0.25) is 0 Å². The summed E-state index contributed by atoms with van der Waals surface area (Å²) in [6, 6.07) is 7.64. The van der Waals surface area contributed by atoms with Gasteiger partial charge in [0, 0.05) is 6.54 Å². The number of benzene rings is 2. The lowest BCUT2D eigenvalue weighted by molar-refractivity contribution is -0.258. The molecule has 2 aliphatic rings. The highest BCUT2D eigenvalue weighted by Gasteiger charge is 2.52. The van der Waals surface area contributed by atoms with Crippen molar-refractivity contribution in [2.75, 3.05) is 26.4 Å². The summed E-state index contributed by atoms with van der Waals surface area (Å²) in [6.45, 7) is 7.93. The molecule has 0 aromatic heterocycles. The Bertz CT molecular complexity index is 1360. The Kier molecular flexibility index (Phi) is 10.9. The van der Waals surface area contributed by atoms with Crippen LogP contribution in [0.5, 0.6) is 17.2 Å². The van der Waals surface area contributed by atoms with Crippen molar-refractivity contribution in [1.29, 1.82) is 0 Å². The normalized spacial score (nSPS) is 19.4. The van der Waals surface area contributed by atoms with Crippen molar-refractivity contribution in [1.82, 2.24) is 10.2 Å². The largest absolute Gasteiger partial charge is 0.493 e. The SMILES string of the molecule is CCCCCc1cc(C(C)(O)C(F)(F)F)cc(CCC)c1OCCCCN1C(=O)NC(CC)(c2ccc3c(c2)OCCO3)C1=O. The van der Waals surface area contributed by atoms with Gasteiger partial charge >= 0.3 is 12.2 Å². The number of fused-ring (bicyclic) bond motifs is 1. The van der Waals surface area contributed by atoms with E-state index >= 15 is 0 Å². The highest BCUT2D eigenvalue weighted by Crippen LogP contribution is 2.42. The summed E-state index contributed by atoms with van der Waals surface area (Å²) in [5, 5.41) is 13.3. The number of carbonyl (C=O) groups is 2. The average Bonchev–Trinajstić information content (AvgIpc) is 3.26. The highest BCUT2D eigenvalue weighted by atomic mass is 19.4. The number of nitrogens with one attached hydrogen (secondary N) is 1. The molecule has 0 radical (unpaired) electrons. The van der Waals surface area contributed by atoms with E-state index in [0.717, 1.165) is 26.2 Å². The van der Waals surface area contributed by atoms with Crippen LogP contribution in [0, 0.1) is 0 Å². The molecule has 1 fully saturated rings. The number of aryl methyl sites for hydroxylation is 2. The van der Waals surface area contributed by atoms with Crippen LogP contribution in [0.2, 0.25) is 0 Å². The standard InChI is InChI=1S/C34H45F3N2O6/c1-5-8-9-13-24-21-26(32(4,42)34(35,36)37)20-23(12-6-2)29(24)45-17-11-10-16-39-30(40)33(7-3,38-31(39)41)25-14-15-27-28(22-25)44-19-18-43-27/h14-15,20-22,42H,5-13,16-19H2,1-4H3,(H,38,41). The van der Waals surface area contributed by atoms with Crippen LogP contribution in [-0.4, -0.2) is 54.5 Å². The minimum absolute atomic E-state index is 0.187. The van der Waals surface area contributed by atoms with E-state index in [1.807, 2.05) is 13.8 Å². The molecular formula is C34H45F3N2O6. The fourth-order valence-electron chi connectivity index (χ4n) is 5.91. The Morgan fingerprint density at radius 2 is 1.62 bits per heavy atom. The number of carbonyl (C=O) groups excluding carboxylic acids is 2. The van der Waals surface area contributed by atoms with Gasteiger partial charge in [-0.2, -0.15) is 13.2 Å². The molecule has 2 unspecified atom stereocenters. The second-order valence-corrected chi connectivity index (χ2v) is 12.0. The van der Waals surface area contributed by atoms with Crippen LogP contribution >= 0.6 is 0 Å². The van der Waals surface area contributed by atoms with Gasteiger partial charge in [-0.3, -0.25) is 9.69 Å². The van der Waals surface area contributed by atoms with Crippen LogP contribution in [0.25, 0.3) is 0 Å². The molecule has 8 nitrogen and oxygen atoms in total. The molecule has 2 atom stereocenters. The Labute approximate surface area is 263 Å². The number of urea groups is 1. The number of ether oxygens (including phenoxy) is 3. The van der Waals surface area contributed by atoms with E-state index in [2.05, 4.69) is 12.2 Å². The Balaban J connectivity index is 1.44. The maximum atomic E-state index is 13.7. The van der Waals surface area contributed by atoms with Gasteiger partial charge in [0.15, 0.2) is 17.1 Å². The lowest BCUT2D eigenvalue weighted by Crippen LogP contribution is -2.43. The smallest absolute Gasteiger partial charge is 0.421 e. The van der Waals surface area contributed by atoms with Gasteiger partial charge < -0.3 is 24.6 Å². The van der Waals surface area contributed by atoms with E-state index in [4.69, 9.17) is 14.2 Å². The van der Waals surface area contributed by atoms with Gasteiger partial charge in [-0.25, -0.2) is 4.79 Å². The molecule has 0 saturated carbocycles. The molecule has 2 heterocycles. The van der Waals surface area contributed by atoms with Crippen molar-refractivity contribution < 1.29 is 42.1 Å². The number of imide groups is 1. The van der Waals surface area contributed by atoms with Crippen LogP contribution < -0.4 is 19.5 Å². The van der Waals surface area contributed by atoms with E-state index in [1.165, 1.54) is 17.0 Å². The second kappa shape index (κ2) is 14.3. The van der Waals surface area contributed by atoms with Gasteiger partial charge in [0.1, 0.15) is 24.5 Å². The van der Waals surface area contributed by atoms with E-state index < -0.39 is 23.3 Å². The molecule has 3 amide bonds. The zero-order valence-electron chi connectivity index (χ0n) is 26.6. The molecule has 45 heavy (non-hydrogen) atoms. The minimum Gasteiger partial charge on any atom is -0.493 e. The van der Waals surface area contributed by atoms with Crippen LogP contribution in [0.3, 0.4) is 0 Å². The first kappa shape index (κ1) is 34.4. The quantitative estimate of drug-likeness (QED) is 0.163. The molecule has 11 heteroatoms. The van der Waals surface area contributed by atoms with Crippen molar-refractivity contribution >= 4 is 11.9 Å². The third-order valence-corrected chi connectivity index (χ3v) is 8.69. The molecule has 2 aromatic rings. The third-order valence-electron chi connectivity index (χ3n) is 8.69. The molecule has 0 bridgehead atoms. The maximum absolute atomic E-state index is 13.7. The second-order valence-electron chi connectivity index (χ2n) is 12.0. The summed E-state index contributed by atoms with van der Waals surface area (Å²) in [4.78, 5) is 27.8. The zero-order valence-corrected chi connectivity index (χ0v) is 26.6. The molecule has 4 rings (SSSR count). The van der Waals surface area contributed by atoms with Crippen molar-refractivity contribution in [2.24, 2.45) is 0 Å². The van der Waals surface area contributed by atoms with Crippen LogP contribution in [0.1, 0.15) is 94.9 Å². The van der Waals surface area contributed by atoms with E-state index in [1.54, 1.807) is 18.2 Å². The predicted octanol–water partition coefficient (Wildman–Crippen LogP) is 6.93. The van der Waals surface area contributed by atoms with Gasteiger partial charge in [-0.1, -0.05) is 46.1 Å². The Morgan fingerprint density at radius 3 is 2.27 bits per heavy atom. The minimum atomic E-state index is -4.82. The first-order valence-corrected chi connectivity index (χ1v) is 16.0. The monoisotopic (exact) mass is 634 g/mol. The van der Waals surface area contributed by atoms with Gasteiger partial charge in [-0.15, -0.1) is 0 Å². The number of rotatable bonds is 15. The Morgan fingerprint density at radius 1 is 0.933 bits per heavy atom. The molecule has 0 aliphatic carbocycles. The maximum Gasteiger partial charge on any atom is 0.421 e. The number of nitrogens with zero attached hydrogens (tertiary/aromatic N) is 1. The number of unbranched alkanes of at least 4 members (excludes halogenated alkanes) is 3. The molecule has 1 saturated heterocycles. The van der Waals surface area contributed by atoms with Crippen molar-refractivity contribution in [3.8, 4) is 17.2 Å². The average molecular weight is 635 g/mol. The number of amides is 3. The summed E-state index contributed by atoms with van der Waals surface area (Å²) in [5.74, 6) is 1.37. The van der Waals surface area contributed by atoms with Crippen LogP contribution in [-0.2, 0) is 28.8 Å². The fraction of sp³-hybridized carbons (Fsp3) is 0.588. The zero-order chi connectivity index (χ0) is 32.8. The van der Waals surface area contributed by atoms with Gasteiger partial charge in [-0.05, 0) is 92.0 Å².